The summed E-state index contributed by atoms with van der Waals surface area (Å²) in [6, 6.07) is 0. The minimum Gasteiger partial charge on any atom is -0.481 e. The molecule has 1 fully saturated rings. The summed E-state index contributed by atoms with van der Waals surface area (Å²) in [4.78, 5) is 10.9. The molecule has 0 aromatic carbocycles. The monoisotopic (exact) mass is 220 g/mol. The molecule has 82 valence electrons. The van der Waals surface area contributed by atoms with Gasteiger partial charge in [-0.1, -0.05) is 13.8 Å². The molecule has 0 aromatic heterocycles. The lowest BCUT2D eigenvalue weighted by molar-refractivity contribution is -0.145. The lowest BCUT2D eigenvalue weighted by Gasteiger charge is -2.21. The van der Waals surface area contributed by atoms with Gasteiger partial charge in [0.1, 0.15) is 0 Å². The first-order chi connectivity index (χ1) is 6.33. The van der Waals surface area contributed by atoms with E-state index >= 15 is 0 Å². The molecular formula is C9H16O4S. The molecule has 0 bridgehead atoms. The summed E-state index contributed by atoms with van der Waals surface area (Å²) >= 11 is 0. The molecule has 4 nitrogen and oxygen atoms in total. The molecule has 1 heterocycles. The van der Waals surface area contributed by atoms with Crippen molar-refractivity contribution in [1.82, 2.24) is 0 Å². The molecular weight excluding hydrogens is 204 g/mol. The van der Waals surface area contributed by atoms with Crippen LogP contribution in [0.25, 0.3) is 0 Å². The van der Waals surface area contributed by atoms with E-state index in [0.29, 0.717) is 6.42 Å². The topological polar surface area (TPSA) is 71.4 Å². The lowest BCUT2D eigenvalue weighted by atomic mass is 9.83. The summed E-state index contributed by atoms with van der Waals surface area (Å²) in [6.45, 7) is 3.65. The maximum absolute atomic E-state index is 11.2. The molecule has 0 amide bonds. The summed E-state index contributed by atoms with van der Waals surface area (Å²) < 4.78 is 22.4. The van der Waals surface area contributed by atoms with Crippen molar-refractivity contribution in [2.75, 3.05) is 11.5 Å². The van der Waals surface area contributed by atoms with Gasteiger partial charge in [-0.25, -0.2) is 8.42 Å². The highest BCUT2D eigenvalue weighted by Crippen LogP contribution is 2.30. The van der Waals surface area contributed by atoms with Crippen LogP contribution in [0.1, 0.15) is 20.3 Å². The van der Waals surface area contributed by atoms with Gasteiger partial charge in [-0.05, 0) is 18.3 Å². The van der Waals surface area contributed by atoms with Crippen LogP contribution >= 0.6 is 0 Å². The summed E-state index contributed by atoms with van der Waals surface area (Å²) in [7, 11) is -2.97. The second kappa shape index (κ2) is 3.88. The fourth-order valence-electron chi connectivity index (χ4n) is 2.14. The fourth-order valence-corrected chi connectivity index (χ4v) is 3.99. The van der Waals surface area contributed by atoms with Crippen LogP contribution in [-0.4, -0.2) is 31.0 Å². The molecule has 0 saturated carbocycles. The molecule has 0 aliphatic carbocycles. The van der Waals surface area contributed by atoms with Gasteiger partial charge < -0.3 is 5.11 Å². The third-order valence-corrected chi connectivity index (χ3v) is 4.57. The predicted octanol–water partition coefficient (Wildman–Crippen LogP) is 0.778. The van der Waals surface area contributed by atoms with E-state index in [-0.39, 0.29) is 23.3 Å². The smallest absolute Gasteiger partial charge is 0.307 e. The van der Waals surface area contributed by atoms with Crippen molar-refractivity contribution >= 4 is 15.8 Å². The first kappa shape index (κ1) is 11.5. The average molecular weight is 220 g/mol. The van der Waals surface area contributed by atoms with Gasteiger partial charge in [0.2, 0.25) is 0 Å². The van der Waals surface area contributed by atoms with Crippen LogP contribution in [0.2, 0.25) is 0 Å². The quantitative estimate of drug-likeness (QED) is 0.763. The molecule has 0 aromatic rings. The van der Waals surface area contributed by atoms with Crippen LogP contribution in [0.15, 0.2) is 0 Å². The number of carboxylic acids is 1. The Kier molecular flexibility index (Phi) is 3.19. The van der Waals surface area contributed by atoms with Gasteiger partial charge in [-0.2, -0.15) is 0 Å². The van der Waals surface area contributed by atoms with E-state index in [0.717, 1.165) is 0 Å². The van der Waals surface area contributed by atoms with Crippen molar-refractivity contribution in [2.45, 2.75) is 20.3 Å². The lowest BCUT2D eigenvalue weighted by Crippen LogP contribution is -2.29. The number of hydrogen-bond donors (Lipinski definition) is 1. The standard InChI is InChI=1S/C9H16O4S/c1-6(2)8(9(10)11)7-3-4-14(12,13)5-7/h6-8H,3-5H2,1-2H3,(H,10,11). The number of sulfone groups is 1. The third kappa shape index (κ3) is 2.47. The highest BCUT2D eigenvalue weighted by Gasteiger charge is 2.38. The molecule has 1 N–H and O–H groups in total. The van der Waals surface area contributed by atoms with Gasteiger partial charge in [0.15, 0.2) is 9.84 Å². The van der Waals surface area contributed by atoms with Gasteiger partial charge in [0.05, 0.1) is 17.4 Å². The fraction of sp³-hybridized carbons (Fsp3) is 0.889. The number of carbonyl (C=O) groups is 1. The number of hydrogen-bond acceptors (Lipinski definition) is 3. The van der Waals surface area contributed by atoms with Crippen LogP contribution in [-0.2, 0) is 14.6 Å². The van der Waals surface area contributed by atoms with Crippen molar-refractivity contribution in [2.24, 2.45) is 17.8 Å². The summed E-state index contributed by atoms with van der Waals surface area (Å²) in [6.07, 6.45) is 0.498. The van der Waals surface area contributed by atoms with E-state index in [1.54, 1.807) is 0 Å². The molecule has 1 rings (SSSR count). The van der Waals surface area contributed by atoms with Gasteiger partial charge in [-0.3, -0.25) is 4.79 Å². The zero-order valence-corrected chi connectivity index (χ0v) is 9.25. The van der Waals surface area contributed by atoms with Gasteiger partial charge >= 0.3 is 5.97 Å². The molecule has 2 unspecified atom stereocenters. The number of carboxylic acid groups (broad SMARTS) is 1. The van der Waals surface area contributed by atoms with Gasteiger partial charge in [0.25, 0.3) is 0 Å². The molecule has 0 radical (unpaired) electrons. The van der Waals surface area contributed by atoms with Crippen LogP contribution in [0.4, 0.5) is 0 Å². The number of aliphatic carboxylic acids is 1. The van der Waals surface area contributed by atoms with Crippen molar-refractivity contribution in [1.29, 1.82) is 0 Å². The second-order valence-electron chi connectivity index (χ2n) is 4.27. The first-order valence-corrected chi connectivity index (χ1v) is 6.59. The Labute approximate surface area is 84.2 Å². The molecule has 5 heteroatoms. The minimum atomic E-state index is -2.97. The first-order valence-electron chi connectivity index (χ1n) is 4.76. The largest absolute Gasteiger partial charge is 0.481 e. The summed E-state index contributed by atoms with van der Waals surface area (Å²) in [5, 5.41) is 8.98. The van der Waals surface area contributed by atoms with Crippen molar-refractivity contribution in [3.8, 4) is 0 Å². The zero-order chi connectivity index (χ0) is 10.9. The molecule has 1 aliphatic heterocycles. The normalized spacial score (nSPS) is 27.8. The third-order valence-electron chi connectivity index (χ3n) is 2.78. The van der Waals surface area contributed by atoms with E-state index in [4.69, 9.17) is 5.11 Å². The summed E-state index contributed by atoms with van der Waals surface area (Å²) in [5.41, 5.74) is 0. The summed E-state index contributed by atoms with van der Waals surface area (Å²) in [5.74, 6) is -1.41. The Bertz CT molecular complexity index is 318. The van der Waals surface area contributed by atoms with E-state index in [1.165, 1.54) is 0 Å². The Hall–Kier alpha value is -0.580. The molecule has 0 spiro atoms. The van der Waals surface area contributed by atoms with Crippen LogP contribution in [0.5, 0.6) is 0 Å². The van der Waals surface area contributed by atoms with Gasteiger partial charge in [0, 0.05) is 0 Å². The van der Waals surface area contributed by atoms with Crippen LogP contribution in [0, 0.1) is 17.8 Å². The average Bonchev–Trinajstić information content (AvgIpc) is 2.28. The Morgan fingerprint density at radius 2 is 2.00 bits per heavy atom. The molecule has 1 aliphatic rings. The Balaban J connectivity index is 2.78. The van der Waals surface area contributed by atoms with Crippen molar-refractivity contribution in [3.05, 3.63) is 0 Å². The Morgan fingerprint density at radius 3 is 2.29 bits per heavy atom. The predicted molar refractivity (Wildman–Crippen MR) is 52.7 cm³/mol. The molecule has 2 atom stereocenters. The van der Waals surface area contributed by atoms with E-state index in [1.807, 2.05) is 13.8 Å². The van der Waals surface area contributed by atoms with E-state index < -0.39 is 21.7 Å². The van der Waals surface area contributed by atoms with Crippen molar-refractivity contribution < 1.29 is 18.3 Å². The zero-order valence-electron chi connectivity index (χ0n) is 8.43. The number of rotatable bonds is 3. The van der Waals surface area contributed by atoms with Gasteiger partial charge in [-0.15, -0.1) is 0 Å². The SMILES string of the molecule is CC(C)C(C(=O)O)C1CCS(=O)(=O)C1. The van der Waals surface area contributed by atoms with Crippen molar-refractivity contribution in [3.63, 3.8) is 0 Å². The van der Waals surface area contributed by atoms with E-state index in [9.17, 15) is 13.2 Å². The molecule has 14 heavy (non-hydrogen) atoms. The maximum atomic E-state index is 11.2. The maximum Gasteiger partial charge on any atom is 0.307 e. The van der Waals surface area contributed by atoms with Crippen LogP contribution in [0.3, 0.4) is 0 Å². The minimum absolute atomic E-state index is 0.00852. The highest BCUT2D eigenvalue weighted by atomic mass is 32.2. The Morgan fingerprint density at radius 1 is 1.43 bits per heavy atom. The highest BCUT2D eigenvalue weighted by molar-refractivity contribution is 7.91. The van der Waals surface area contributed by atoms with E-state index in [2.05, 4.69) is 0 Å². The van der Waals surface area contributed by atoms with Crippen LogP contribution < -0.4 is 0 Å². The molecule has 1 saturated heterocycles. The second-order valence-corrected chi connectivity index (χ2v) is 6.50.